The number of halogens is 2. The minimum Gasteiger partial charge on any atom is -0.504 e. The fraction of sp³-hybridized carbons (Fsp3) is 0.0476. The molecule has 0 fully saturated rings. The number of phenolic OH excluding ortho intramolecular Hbond substituents is 2. The van der Waals surface area contributed by atoms with E-state index in [-0.39, 0.29) is 23.6 Å². The quantitative estimate of drug-likeness (QED) is 0.521. The molecule has 4 aromatic rings. The van der Waals surface area contributed by atoms with E-state index in [1.165, 1.54) is 22.9 Å². The van der Waals surface area contributed by atoms with Gasteiger partial charge in [0.25, 0.3) is 0 Å². The van der Waals surface area contributed by atoms with Crippen molar-refractivity contribution in [1.82, 2.24) is 14.8 Å². The summed E-state index contributed by atoms with van der Waals surface area (Å²) in [6, 6.07) is 16.8. The topological polar surface area (TPSA) is 71.2 Å². The first kappa shape index (κ1) is 17.7. The summed E-state index contributed by atoms with van der Waals surface area (Å²) in [6.45, 7) is 0. The Kier molecular flexibility index (Phi) is 4.49. The van der Waals surface area contributed by atoms with Crippen LogP contribution in [-0.4, -0.2) is 25.0 Å². The minimum atomic E-state index is -0.765. The van der Waals surface area contributed by atoms with Crippen LogP contribution in [0.2, 0.25) is 0 Å². The zero-order valence-electron chi connectivity index (χ0n) is 14.5. The van der Waals surface area contributed by atoms with E-state index < -0.39 is 11.6 Å². The number of phenols is 2. The minimum absolute atomic E-state index is 0.0640. The molecule has 28 heavy (non-hydrogen) atoms. The summed E-state index contributed by atoms with van der Waals surface area (Å²) in [6.07, 6.45) is 0.213. The van der Waals surface area contributed by atoms with Crippen LogP contribution in [0.4, 0.5) is 8.78 Å². The lowest BCUT2D eigenvalue weighted by molar-refractivity contribution is 0.403. The third-order valence-electron chi connectivity index (χ3n) is 4.25. The molecule has 0 unspecified atom stereocenters. The molecule has 0 saturated heterocycles. The zero-order valence-corrected chi connectivity index (χ0v) is 14.5. The van der Waals surface area contributed by atoms with Crippen LogP contribution in [0.25, 0.3) is 17.1 Å². The molecule has 3 aromatic carbocycles. The molecule has 0 spiro atoms. The molecule has 0 amide bonds. The highest BCUT2D eigenvalue weighted by Crippen LogP contribution is 2.27. The first-order chi connectivity index (χ1) is 13.5. The van der Waals surface area contributed by atoms with Gasteiger partial charge < -0.3 is 10.2 Å². The third-order valence-corrected chi connectivity index (χ3v) is 4.25. The van der Waals surface area contributed by atoms with Crippen molar-refractivity contribution in [2.45, 2.75) is 6.42 Å². The van der Waals surface area contributed by atoms with Crippen molar-refractivity contribution < 1.29 is 19.0 Å². The van der Waals surface area contributed by atoms with Gasteiger partial charge in [-0.15, -0.1) is 5.10 Å². The molecule has 2 N–H and O–H groups in total. The van der Waals surface area contributed by atoms with Gasteiger partial charge in [0.15, 0.2) is 23.1 Å². The van der Waals surface area contributed by atoms with Gasteiger partial charge in [-0.1, -0.05) is 36.4 Å². The Labute approximate surface area is 159 Å². The Morgan fingerprint density at radius 3 is 2.36 bits per heavy atom. The fourth-order valence-electron chi connectivity index (χ4n) is 2.88. The predicted octanol–water partition coefficient (Wildman–Crippen LogP) is 4.21. The van der Waals surface area contributed by atoms with Gasteiger partial charge in [0, 0.05) is 18.1 Å². The van der Waals surface area contributed by atoms with Gasteiger partial charge in [0.2, 0.25) is 0 Å². The van der Waals surface area contributed by atoms with Gasteiger partial charge in [0.05, 0.1) is 0 Å². The molecule has 1 aromatic heterocycles. The molecule has 0 radical (unpaired) electrons. The first-order valence-corrected chi connectivity index (χ1v) is 8.49. The largest absolute Gasteiger partial charge is 0.504 e. The molecule has 0 bridgehead atoms. The number of rotatable bonds is 4. The smallest absolute Gasteiger partial charge is 0.181 e. The van der Waals surface area contributed by atoms with Gasteiger partial charge in [0.1, 0.15) is 17.3 Å². The second kappa shape index (κ2) is 7.11. The summed E-state index contributed by atoms with van der Waals surface area (Å²) in [5, 5.41) is 23.6. The molecule has 0 aliphatic heterocycles. The Morgan fingerprint density at radius 2 is 1.64 bits per heavy atom. The molecule has 0 aliphatic rings. The van der Waals surface area contributed by atoms with Crippen molar-refractivity contribution in [3.8, 4) is 28.6 Å². The normalized spacial score (nSPS) is 10.9. The Hall–Kier alpha value is -3.74. The second-order valence-corrected chi connectivity index (χ2v) is 6.23. The van der Waals surface area contributed by atoms with Crippen molar-refractivity contribution in [2.75, 3.05) is 0 Å². The lowest BCUT2D eigenvalue weighted by Gasteiger charge is -2.08. The third kappa shape index (κ3) is 3.42. The Bertz CT molecular complexity index is 1140. The second-order valence-electron chi connectivity index (χ2n) is 6.23. The molecule has 5 nitrogen and oxygen atoms in total. The maximum absolute atomic E-state index is 14.4. The van der Waals surface area contributed by atoms with Crippen LogP contribution in [-0.2, 0) is 6.42 Å². The maximum Gasteiger partial charge on any atom is 0.181 e. The van der Waals surface area contributed by atoms with E-state index in [1.54, 1.807) is 6.07 Å². The monoisotopic (exact) mass is 379 g/mol. The molecular weight excluding hydrogens is 364 g/mol. The lowest BCUT2D eigenvalue weighted by Crippen LogP contribution is -2.06. The van der Waals surface area contributed by atoms with Crippen LogP contribution in [0.1, 0.15) is 11.4 Å². The molecular formula is C21H15F2N3O2. The fourth-order valence-corrected chi connectivity index (χ4v) is 2.88. The number of aromatic hydroxyl groups is 2. The average molecular weight is 379 g/mol. The van der Waals surface area contributed by atoms with E-state index in [2.05, 4.69) is 10.1 Å². The summed E-state index contributed by atoms with van der Waals surface area (Å²) in [5.41, 5.74) is 1.46. The van der Waals surface area contributed by atoms with Gasteiger partial charge >= 0.3 is 0 Å². The van der Waals surface area contributed by atoms with Gasteiger partial charge in [-0.2, -0.15) is 0 Å². The van der Waals surface area contributed by atoms with E-state index in [1.807, 2.05) is 30.3 Å². The SMILES string of the molecule is Oc1ccc(Cc2nc(-c3ccccc3)nn2-c2ccc(F)cc2F)cc1O. The van der Waals surface area contributed by atoms with E-state index in [0.717, 1.165) is 17.7 Å². The Balaban J connectivity index is 1.83. The summed E-state index contributed by atoms with van der Waals surface area (Å²) in [5.74, 6) is -1.16. The molecule has 0 atom stereocenters. The molecule has 140 valence electrons. The number of nitrogens with zero attached hydrogens (tertiary/aromatic N) is 3. The molecule has 7 heteroatoms. The number of hydrogen-bond donors (Lipinski definition) is 2. The van der Waals surface area contributed by atoms with E-state index >= 15 is 0 Å². The Morgan fingerprint density at radius 1 is 0.857 bits per heavy atom. The van der Waals surface area contributed by atoms with E-state index in [4.69, 9.17) is 0 Å². The van der Waals surface area contributed by atoms with Crippen molar-refractivity contribution in [2.24, 2.45) is 0 Å². The average Bonchev–Trinajstić information content (AvgIpc) is 3.09. The highest BCUT2D eigenvalue weighted by molar-refractivity contribution is 5.55. The van der Waals surface area contributed by atoms with E-state index in [9.17, 15) is 19.0 Å². The first-order valence-electron chi connectivity index (χ1n) is 8.49. The van der Waals surface area contributed by atoms with E-state index in [0.29, 0.717) is 17.2 Å². The molecule has 0 aliphatic carbocycles. The van der Waals surface area contributed by atoms with Crippen LogP contribution < -0.4 is 0 Å². The van der Waals surface area contributed by atoms with Gasteiger partial charge in [-0.25, -0.2) is 18.4 Å². The molecule has 0 saturated carbocycles. The highest BCUT2D eigenvalue weighted by Gasteiger charge is 2.17. The van der Waals surface area contributed by atoms with Crippen molar-refractivity contribution in [3.05, 3.63) is 89.8 Å². The number of aromatic nitrogens is 3. The van der Waals surface area contributed by atoms with Crippen LogP contribution in [0, 0.1) is 11.6 Å². The van der Waals surface area contributed by atoms with Crippen molar-refractivity contribution >= 4 is 0 Å². The number of hydrogen-bond acceptors (Lipinski definition) is 4. The summed E-state index contributed by atoms with van der Waals surface area (Å²) in [7, 11) is 0. The van der Waals surface area contributed by atoms with Gasteiger partial charge in [-0.3, -0.25) is 0 Å². The summed E-state index contributed by atoms with van der Waals surface area (Å²) >= 11 is 0. The summed E-state index contributed by atoms with van der Waals surface area (Å²) in [4.78, 5) is 4.52. The van der Waals surface area contributed by atoms with Crippen LogP contribution in [0.15, 0.2) is 66.7 Å². The van der Waals surface area contributed by atoms with Gasteiger partial charge in [-0.05, 0) is 29.8 Å². The lowest BCUT2D eigenvalue weighted by atomic mass is 10.1. The standard InChI is InChI=1S/C21H15F2N3O2/c22-15-7-8-17(16(23)12-15)26-20(11-13-6-9-18(27)19(28)10-13)24-21(25-26)14-4-2-1-3-5-14/h1-10,12,27-28H,11H2. The van der Waals surface area contributed by atoms with Crippen LogP contribution in [0.5, 0.6) is 11.5 Å². The van der Waals surface area contributed by atoms with Crippen LogP contribution in [0.3, 0.4) is 0 Å². The zero-order chi connectivity index (χ0) is 19.7. The molecule has 1 heterocycles. The predicted molar refractivity (Wildman–Crippen MR) is 99.3 cm³/mol. The highest BCUT2D eigenvalue weighted by atomic mass is 19.1. The number of benzene rings is 3. The molecule has 4 rings (SSSR count). The van der Waals surface area contributed by atoms with Crippen molar-refractivity contribution in [1.29, 1.82) is 0 Å². The summed E-state index contributed by atoms with van der Waals surface area (Å²) < 4.78 is 29.0. The van der Waals surface area contributed by atoms with Crippen LogP contribution >= 0.6 is 0 Å². The maximum atomic E-state index is 14.4. The van der Waals surface area contributed by atoms with Crippen molar-refractivity contribution in [3.63, 3.8) is 0 Å².